The summed E-state index contributed by atoms with van der Waals surface area (Å²) >= 11 is 0. The van der Waals surface area contributed by atoms with E-state index < -0.39 is 35.3 Å². The lowest BCUT2D eigenvalue weighted by Gasteiger charge is -2.24. The van der Waals surface area contributed by atoms with Crippen molar-refractivity contribution < 1.29 is 28.6 Å². The summed E-state index contributed by atoms with van der Waals surface area (Å²) in [5, 5.41) is 0. The Morgan fingerprint density at radius 1 is 1.17 bits per heavy atom. The molecule has 0 aliphatic carbocycles. The van der Waals surface area contributed by atoms with Gasteiger partial charge in [-0.15, -0.1) is 0 Å². The minimum Gasteiger partial charge on any atom is -0.466 e. The van der Waals surface area contributed by atoms with E-state index in [0.717, 1.165) is 0 Å². The molecule has 6 nitrogen and oxygen atoms in total. The third-order valence-electron chi connectivity index (χ3n) is 2.78. The minimum absolute atomic E-state index is 0.137. The van der Waals surface area contributed by atoms with Crippen molar-refractivity contribution in [2.24, 2.45) is 11.8 Å². The largest absolute Gasteiger partial charge is 0.466 e. The summed E-state index contributed by atoms with van der Waals surface area (Å²) in [4.78, 5) is 35.3. The van der Waals surface area contributed by atoms with E-state index >= 15 is 0 Å². The molecular formula is C12H18O6. The fourth-order valence-electron chi connectivity index (χ4n) is 2.04. The first kappa shape index (κ1) is 14.5. The Balaban J connectivity index is 3.01. The smallest absolute Gasteiger partial charge is 0.321 e. The summed E-state index contributed by atoms with van der Waals surface area (Å²) in [6, 6.07) is 0. The maximum atomic E-state index is 11.9. The van der Waals surface area contributed by atoms with Crippen LogP contribution in [0.15, 0.2) is 0 Å². The molecule has 0 N–H and O–H groups in total. The van der Waals surface area contributed by atoms with Gasteiger partial charge in [0.1, 0.15) is 11.5 Å². The van der Waals surface area contributed by atoms with Crippen LogP contribution in [0.1, 0.15) is 27.7 Å². The summed E-state index contributed by atoms with van der Waals surface area (Å²) in [7, 11) is 0. The number of carbonyl (C=O) groups is 3. The molecule has 102 valence electrons. The van der Waals surface area contributed by atoms with E-state index in [1.807, 2.05) is 0 Å². The van der Waals surface area contributed by atoms with Crippen molar-refractivity contribution in [3.05, 3.63) is 0 Å². The van der Waals surface area contributed by atoms with E-state index in [1.165, 1.54) is 0 Å². The number of rotatable bonds is 4. The highest BCUT2D eigenvalue weighted by Crippen LogP contribution is 2.38. The van der Waals surface area contributed by atoms with E-state index in [4.69, 9.17) is 14.2 Å². The van der Waals surface area contributed by atoms with Crippen molar-refractivity contribution in [2.75, 3.05) is 13.2 Å². The van der Waals surface area contributed by atoms with Crippen molar-refractivity contribution in [3.63, 3.8) is 0 Å². The Bertz CT molecular complexity index is 360. The molecule has 1 fully saturated rings. The molecule has 0 aromatic rings. The lowest BCUT2D eigenvalue weighted by molar-refractivity contribution is -0.162. The zero-order valence-corrected chi connectivity index (χ0v) is 11.0. The third-order valence-corrected chi connectivity index (χ3v) is 2.78. The van der Waals surface area contributed by atoms with Gasteiger partial charge in [-0.05, 0) is 27.7 Å². The van der Waals surface area contributed by atoms with Crippen molar-refractivity contribution in [2.45, 2.75) is 33.3 Å². The van der Waals surface area contributed by atoms with E-state index in [9.17, 15) is 14.4 Å². The molecule has 1 aliphatic heterocycles. The number of hydrogen-bond donors (Lipinski definition) is 0. The summed E-state index contributed by atoms with van der Waals surface area (Å²) in [5.74, 6) is -4.31. The Morgan fingerprint density at radius 3 is 2.17 bits per heavy atom. The summed E-state index contributed by atoms with van der Waals surface area (Å²) in [6.45, 7) is 6.75. The number of ether oxygens (including phenoxy) is 3. The van der Waals surface area contributed by atoms with Crippen LogP contribution >= 0.6 is 0 Å². The van der Waals surface area contributed by atoms with Gasteiger partial charge in [-0.1, -0.05) is 0 Å². The normalized spacial score (nSPS) is 25.4. The van der Waals surface area contributed by atoms with Gasteiger partial charge in [-0.25, -0.2) is 0 Å². The molecule has 0 spiro atoms. The number of esters is 3. The van der Waals surface area contributed by atoms with Gasteiger partial charge in [0, 0.05) is 0 Å². The molecule has 0 aromatic carbocycles. The zero-order chi connectivity index (χ0) is 13.9. The van der Waals surface area contributed by atoms with E-state index in [-0.39, 0.29) is 13.2 Å². The van der Waals surface area contributed by atoms with Crippen LogP contribution in [0, 0.1) is 11.8 Å². The van der Waals surface area contributed by atoms with Crippen molar-refractivity contribution in [1.29, 1.82) is 0 Å². The Labute approximate surface area is 106 Å². The average molecular weight is 258 g/mol. The second-order valence-corrected chi connectivity index (χ2v) is 4.48. The molecular weight excluding hydrogens is 240 g/mol. The summed E-state index contributed by atoms with van der Waals surface area (Å²) in [6.07, 6.45) is 0. The van der Waals surface area contributed by atoms with Crippen molar-refractivity contribution >= 4 is 17.9 Å². The topological polar surface area (TPSA) is 78.9 Å². The van der Waals surface area contributed by atoms with Crippen LogP contribution < -0.4 is 0 Å². The van der Waals surface area contributed by atoms with Crippen LogP contribution in [-0.4, -0.2) is 36.7 Å². The van der Waals surface area contributed by atoms with Gasteiger partial charge in [-0.2, -0.15) is 0 Å². The second-order valence-electron chi connectivity index (χ2n) is 4.48. The molecule has 2 atom stereocenters. The summed E-state index contributed by atoms with van der Waals surface area (Å²) < 4.78 is 14.8. The quantitative estimate of drug-likeness (QED) is 0.419. The number of carbonyl (C=O) groups excluding carboxylic acids is 3. The first-order valence-electron chi connectivity index (χ1n) is 5.91. The fraction of sp³-hybridized carbons (Fsp3) is 0.750. The highest BCUT2D eigenvalue weighted by atomic mass is 16.6. The number of cyclic esters (lactones) is 1. The molecule has 1 saturated heterocycles. The van der Waals surface area contributed by atoms with Gasteiger partial charge in [0.2, 0.25) is 0 Å². The highest BCUT2D eigenvalue weighted by molar-refractivity contribution is 6.01. The molecule has 0 unspecified atom stereocenters. The van der Waals surface area contributed by atoms with E-state index in [0.29, 0.717) is 0 Å². The Kier molecular flexibility index (Phi) is 4.32. The third kappa shape index (κ3) is 2.63. The molecule has 1 heterocycles. The van der Waals surface area contributed by atoms with Crippen LogP contribution in [-0.2, 0) is 28.6 Å². The Hall–Kier alpha value is -1.59. The first-order chi connectivity index (χ1) is 8.35. The molecule has 0 aromatic heterocycles. The van der Waals surface area contributed by atoms with Gasteiger partial charge in [-0.3, -0.25) is 14.4 Å². The zero-order valence-electron chi connectivity index (χ0n) is 11.0. The summed E-state index contributed by atoms with van der Waals surface area (Å²) in [5.41, 5.74) is -1.07. The van der Waals surface area contributed by atoms with E-state index in [2.05, 4.69) is 0 Å². The fourth-order valence-corrected chi connectivity index (χ4v) is 2.04. The standard InChI is InChI=1S/C12H18O6/c1-5-16-9(13)7-8(11(15)17-6-2)12(3,4)18-10(7)14/h7-8H,5-6H2,1-4H3/t7-,8+/m1/s1. The second kappa shape index (κ2) is 5.37. The van der Waals surface area contributed by atoms with E-state index in [1.54, 1.807) is 27.7 Å². The van der Waals surface area contributed by atoms with Crippen LogP contribution in [0.4, 0.5) is 0 Å². The van der Waals surface area contributed by atoms with Crippen LogP contribution in [0.2, 0.25) is 0 Å². The van der Waals surface area contributed by atoms with Gasteiger partial charge < -0.3 is 14.2 Å². The van der Waals surface area contributed by atoms with Gasteiger partial charge >= 0.3 is 17.9 Å². The number of hydrogen-bond acceptors (Lipinski definition) is 6. The monoisotopic (exact) mass is 258 g/mol. The Morgan fingerprint density at radius 2 is 1.67 bits per heavy atom. The first-order valence-corrected chi connectivity index (χ1v) is 5.91. The van der Waals surface area contributed by atoms with Gasteiger partial charge in [0.25, 0.3) is 0 Å². The molecule has 0 saturated carbocycles. The molecule has 6 heteroatoms. The molecule has 1 aliphatic rings. The van der Waals surface area contributed by atoms with Crippen LogP contribution in [0.5, 0.6) is 0 Å². The minimum atomic E-state index is -1.24. The molecule has 0 radical (unpaired) electrons. The SMILES string of the molecule is CCOC(=O)[C@@H]1C(=O)OC(C)(C)[C@@H]1C(=O)OCC. The predicted molar refractivity (Wildman–Crippen MR) is 60.4 cm³/mol. The van der Waals surface area contributed by atoms with Crippen molar-refractivity contribution in [1.82, 2.24) is 0 Å². The maximum absolute atomic E-state index is 11.9. The molecule has 18 heavy (non-hydrogen) atoms. The van der Waals surface area contributed by atoms with Crippen LogP contribution in [0.3, 0.4) is 0 Å². The molecule has 0 bridgehead atoms. The lowest BCUT2D eigenvalue weighted by Crippen LogP contribution is -2.40. The molecule has 1 rings (SSSR count). The van der Waals surface area contributed by atoms with Gasteiger partial charge in [0.15, 0.2) is 5.92 Å². The van der Waals surface area contributed by atoms with Crippen LogP contribution in [0.25, 0.3) is 0 Å². The van der Waals surface area contributed by atoms with Gasteiger partial charge in [0.05, 0.1) is 13.2 Å². The highest BCUT2D eigenvalue weighted by Gasteiger charge is 2.58. The maximum Gasteiger partial charge on any atom is 0.321 e. The van der Waals surface area contributed by atoms with Crippen molar-refractivity contribution in [3.8, 4) is 0 Å². The molecule has 0 amide bonds. The lowest BCUT2D eigenvalue weighted by atomic mass is 9.83. The predicted octanol–water partition coefficient (Wildman–Crippen LogP) is 0.680. The average Bonchev–Trinajstić information content (AvgIpc) is 2.48.